The van der Waals surface area contributed by atoms with Gasteiger partial charge in [-0.05, 0) is 25.1 Å². The molecule has 0 radical (unpaired) electrons. The molecule has 0 saturated carbocycles. The lowest BCUT2D eigenvalue weighted by Gasteiger charge is -2.08. The Morgan fingerprint density at radius 1 is 1.33 bits per heavy atom. The van der Waals surface area contributed by atoms with Crippen LogP contribution in [-0.4, -0.2) is 23.1 Å². The molecule has 3 N–H and O–H groups in total. The van der Waals surface area contributed by atoms with Gasteiger partial charge < -0.3 is 15.8 Å². The third-order valence-electron chi connectivity index (χ3n) is 2.27. The molecule has 0 fully saturated rings. The Labute approximate surface area is 106 Å². The van der Waals surface area contributed by atoms with Crippen molar-refractivity contribution in [3.05, 3.63) is 42.4 Å². The summed E-state index contributed by atoms with van der Waals surface area (Å²) in [5.41, 5.74) is 6.32. The number of aryl methyl sites for hydroxylation is 1. The molecule has 1 aromatic heterocycles. The Morgan fingerprint density at radius 2 is 2.22 bits per heavy atom. The van der Waals surface area contributed by atoms with Crippen LogP contribution >= 0.6 is 0 Å². The maximum Gasteiger partial charge on any atom is 0.134 e. The van der Waals surface area contributed by atoms with E-state index < -0.39 is 0 Å². The SMILES string of the molecule is Cc1nccc(Nc2cccc(OCCN)c2)n1. The number of hydrogen-bond acceptors (Lipinski definition) is 5. The standard InChI is InChI=1S/C13H16N4O/c1-10-15-7-5-13(16-10)17-11-3-2-4-12(9-11)18-8-6-14/h2-5,7,9H,6,8,14H2,1H3,(H,15,16,17). The largest absolute Gasteiger partial charge is 0.492 e. The molecule has 18 heavy (non-hydrogen) atoms. The maximum atomic E-state index is 5.46. The molecule has 0 amide bonds. The van der Waals surface area contributed by atoms with E-state index in [0.717, 1.165) is 23.1 Å². The topological polar surface area (TPSA) is 73.1 Å². The average Bonchev–Trinajstić information content (AvgIpc) is 2.37. The molecule has 0 aliphatic heterocycles. The third kappa shape index (κ3) is 3.43. The van der Waals surface area contributed by atoms with Crippen LogP contribution in [-0.2, 0) is 0 Å². The molecule has 1 heterocycles. The lowest BCUT2D eigenvalue weighted by atomic mass is 10.3. The molecular weight excluding hydrogens is 228 g/mol. The Hall–Kier alpha value is -2.14. The van der Waals surface area contributed by atoms with E-state index in [0.29, 0.717) is 13.2 Å². The van der Waals surface area contributed by atoms with E-state index in [1.807, 2.05) is 37.3 Å². The number of anilines is 2. The number of aromatic nitrogens is 2. The molecule has 0 aliphatic carbocycles. The summed E-state index contributed by atoms with van der Waals surface area (Å²) in [5, 5.41) is 3.20. The van der Waals surface area contributed by atoms with Crippen molar-refractivity contribution in [2.75, 3.05) is 18.5 Å². The number of nitrogens with zero attached hydrogens (tertiary/aromatic N) is 2. The molecule has 1 aromatic carbocycles. The van der Waals surface area contributed by atoms with E-state index in [-0.39, 0.29) is 0 Å². The van der Waals surface area contributed by atoms with E-state index in [1.54, 1.807) is 6.20 Å². The highest BCUT2D eigenvalue weighted by molar-refractivity contribution is 5.57. The van der Waals surface area contributed by atoms with Crippen LogP contribution in [0.2, 0.25) is 0 Å². The van der Waals surface area contributed by atoms with Crippen LogP contribution in [0.5, 0.6) is 5.75 Å². The fraction of sp³-hybridized carbons (Fsp3) is 0.231. The number of ether oxygens (including phenoxy) is 1. The molecular formula is C13H16N4O. The lowest BCUT2D eigenvalue weighted by Crippen LogP contribution is -2.10. The van der Waals surface area contributed by atoms with E-state index >= 15 is 0 Å². The summed E-state index contributed by atoms with van der Waals surface area (Å²) in [4.78, 5) is 8.33. The summed E-state index contributed by atoms with van der Waals surface area (Å²) in [6, 6.07) is 9.49. The van der Waals surface area contributed by atoms with Crippen LogP contribution in [0.25, 0.3) is 0 Å². The fourth-order valence-electron chi connectivity index (χ4n) is 1.51. The second-order valence-electron chi connectivity index (χ2n) is 3.78. The highest BCUT2D eigenvalue weighted by Gasteiger charge is 1.99. The van der Waals surface area contributed by atoms with Crippen molar-refractivity contribution in [1.82, 2.24) is 9.97 Å². The van der Waals surface area contributed by atoms with Gasteiger partial charge in [0.25, 0.3) is 0 Å². The smallest absolute Gasteiger partial charge is 0.134 e. The quantitative estimate of drug-likeness (QED) is 0.840. The van der Waals surface area contributed by atoms with Gasteiger partial charge in [0.05, 0.1) is 0 Å². The first-order chi connectivity index (χ1) is 8.78. The summed E-state index contributed by atoms with van der Waals surface area (Å²) in [7, 11) is 0. The van der Waals surface area contributed by atoms with E-state index in [9.17, 15) is 0 Å². The molecule has 0 aliphatic rings. The van der Waals surface area contributed by atoms with E-state index in [2.05, 4.69) is 15.3 Å². The first kappa shape index (κ1) is 12.3. The maximum absolute atomic E-state index is 5.46. The van der Waals surface area contributed by atoms with Crippen LogP contribution in [0, 0.1) is 6.92 Å². The van der Waals surface area contributed by atoms with Gasteiger partial charge in [0, 0.05) is 24.5 Å². The van der Waals surface area contributed by atoms with Crippen LogP contribution in [0.15, 0.2) is 36.5 Å². The monoisotopic (exact) mass is 244 g/mol. The van der Waals surface area contributed by atoms with Gasteiger partial charge in [0.2, 0.25) is 0 Å². The Bertz CT molecular complexity index is 516. The number of benzene rings is 1. The molecule has 0 spiro atoms. The number of hydrogen-bond donors (Lipinski definition) is 2. The van der Waals surface area contributed by atoms with Crippen molar-refractivity contribution >= 4 is 11.5 Å². The van der Waals surface area contributed by atoms with Gasteiger partial charge >= 0.3 is 0 Å². The van der Waals surface area contributed by atoms with Crippen LogP contribution in [0.3, 0.4) is 0 Å². The minimum absolute atomic E-state index is 0.503. The van der Waals surface area contributed by atoms with Crippen molar-refractivity contribution in [3.63, 3.8) is 0 Å². The summed E-state index contributed by atoms with van der Waals surface area (Å²) in [5.74, 6) is 2.28. The first-order valence-corrected chi connectivity index (χ1v) is 5.77. The van der Waals surface area contributed by atoms with Gasteiger partial charge in [-0.15, -0.1) is 0 Å². The van der Waals surface area contributed by atoms with Gasteiger partial charge in [0.15, 0.2) is 0 Å². The van der Waals surface area contributed by atoms with Gasteiger partial charge in [-0.2, -0.15) is 0 Å². The van der Waals surface area contributed by atoms with Crippen LogP contribution < -0.4 is 15.8 Å². The molecule has 5 nitrogen and oxygen atoms in total. The molecule has 2 rings (SSSR count). The minimum atomic E-state index is 0.503. The molecule has 0 bridgehead atoms. The molecule has 0 unspecified atom stereocenters. The third-order valence-corrected chi connectivity index (χ3v) is 2.27. The van der Waals surface area contributed by atoms with E-state index in [1.165, 1.54) is 0 Å². The van der Waals surface area contributed by atoms with Crippen molar-refractivity contribution in [3.8, 4) is 5.75 Å². The highest BCUT2D eigenvalue weighted by Crippen LogP contribution is 2.20. The van der Waals surface area contributed by atoms with Crippen molar-refractivity contribution in [2.45, 2.75) is 6.92 Å². The minimum Gasteiger partial charge on any atom is -0.492 e. The predicted molar refractivity (Wildman–Crippen MR) is 71.0 cm³/mol. The number of rotatable bonds is 5. The lowest BCUT2D eigenvalue weighted by molar-refractivity contribution is 0.328. The summed E-state index contributed by atoms with van der Waals surface area (Å²) >= 11 is 0. The summed E-state index contributed by atoms with van der Waals surface area (Å²) in [6.07, 6.45) is 1.72. The average molecular weight is 244 g/mol. The van der Waals surface area contributed by atoms with Crippen molar-refractivity contribution in [2.24, 2.45) is 5.73 Å². The Kier molecular flexibility index (Phi) is 4.09. The Morgan fingerprint density at radius 3 is 3.00 bits per heavy atom. The van der Waals surface area contributed by atoms with Crippen molar-refractivity contribution < 1.29 is 4.74 Å². The van der Waals surface area contributed by atoms with Gasteiger partial charge in [-0.25, -0.2) is 9.97 Å². The van der Waals surface area contributed by atoms with Crippen molar-refractivity contribution in [1.29, 1.82) is 0 Å². The molecule has 94 valence electrons. The van der Waals surface area contributed by atoms with Gasteiger partial charge in [-0.1, -0.05) is 6.07 Å². The summed E-state index contributed by atoms with van der Waals surface area (Å²) in [6.45, 7) is 2.87. The number of nitrogens with one attached hydrogen (secondary N) is 1. The fourth-order valence-corrected chi connectivity index (χ4v) is 1.51. The highest BCUT2D eigenvalue weighted by atomic mass is 16.5. The van der Waals surface area contributed by atoms with Crippen LogP contribution in [0.4, 0.5) is 11.5 Å². The van der Waals surface area contributed by atoms with Crippen LogP contribution in [0.1, 0.15) is 5.82 Å². The zero-order valence-corrected chi connectivity index (χ0v) is 10.3. The first-order valence-electron chi connectivity index (χ1n) is 5.77. The summed E-state index contributed by atoms with van der Waals surface area (Å²) < 4.78 is 5.46. The second-order valence-corrected chi connectivity index (χ2v) is 3.78. The molecule has 5 heteroatoms. The Balaban J connectivity index is 2.09. The molecule has 0 atom stereocenters. The second kappa shape index (κ2) is 5.97. The zero-order valence-electron chi connectivity index (χ0n) is 10.3. The predicted octanol–water partition coefficient (Wildman–Crippen LogP) is 1.87. The van der Waals surface area contributed by atoms with Gasteiger partial charge in [-0.3, -0.25) is 0 Å². The van der Waals surface area contributed by atoms with E-state index in [4.69, 9.17) is 10.5 Å². The number of nitrogens with two attached hydrogens (primary N) is 1. The molecule has 2 aromatic rings. The van der Waals surface area contributed by atoms with Gasteiger partial charge in [0.1, 0.15) is 24.0 Å². The normalized spacial score (nSPS) is 10.1. The zero-order chi connectivity index (χ0) is 12.8. The molecule has 0 saturated heterocycles.